The molecule has 0 spiro atoms. The van der Waals surface area contributed by atoms with E-state index in [0.717, 1.165) is 23.0 Å². The van der Waals surface area contributed by atoms with Crippen LogP contribution in [0.2, 0.25) is 5.02 Å². The molecule has 0 heterocycles. The first kappa shape index (κ1) is 13.9. The third-order valence-corrected chi connectivity index (χ3v) is 4.25. The predicted molar refractivity (Wildman–Crippen MR) is 78.0 cm³/mol. The molecule has 1 saturated carbocycles. The Labute approximate surface area is 115 Å². The molecule has 0 saturated heterocycles. The van der Waals surface area contributed by atoms with E-state index in [9.17, 15) is 0 Å². The van der Waals surface area contributed by atoms with E-state index in [1.54, 1.807) is 0 Å². The molecule has 1 aliphatic rings. The van der Waals surface area contributed by atoms with E-state index in [2.05, 4.69) is 30.0 Å². The number of hydrogen-bond acceptors (Lipinski definition) is 2. The molecule has 1 aromatic carbocycles. The number of hydrogen-bond donors (Lipinski definition) is 1. The number of benzene rings is 1. The average Bonchev–Trinajstić information content (AvgIpc) is 3.17. The van der Waals surface area contributed by atoms with Crippen molar-refractivity contribution in [3.63, 3.8) is 0 Å². The third-order valence-electron chi connectivity index (χ3n) is 3.84. The van der Waals surface area contributed by atoms with Gasteiger partial charge in [-0.2, -0.15) is 0 Å². The Hall–Kier alpha value is -0.570. The molecular formula is C15H23ClN2. The Balaban J connectivity index is 2.16. The lowest BCUT2D eigenvalue weighted by Gasteiger charge is -2.30. The van der Waals surface area contributed by atoms with Gasteiger partial charge in [-0.15, -0.1) is 0 Å². The van der Waals surface area contributed by atoms with Crippen molar-refractivity contribution in [3.05, 3.63) is 34.3 Å². The number of likely N-dealkylation sites (N-methyl/N-ethyl adjacent to an activating group) is 1. The van der Waals surface area contributed by atoms with Crippen LogP contribution in [-0.4, -0.2) is 24.5 Å². The van der Waals surface area contributed by atoms with Crippen molar-refractivity contribution in [2.75, 3.05) is 19.6 Å². The molecular weight excluding hydrogens is 244 g/mol. The summed E-state index contributed by atoms with van der Waals surface area (Å²) in [6, 6.07) is 6.62. The number of nitrogens with two attached hydrogens (primary N) is 1. The highest BCUT2D eigenvalue weighted by molar-refractivity contribution is 6.31. The van der Waals surface area contributed by atoms with E-state index in [4.69, 9.17) is 17.3 Å². The van der Waals surface area contributed by atoms with Gasteiger partial charge in [0.15, 0.2) is 0 Å². The Morgan fingerprint density at radius 1 is 1.44 bits per heavy atom. The van der Waals surface area contributed by atoms with Crippen molar-refractivity contribution in [3.8, 4) is 0 Å². The molecule has 1 unspecified atom stereocenters. The molecule has 0 amide bonds. The first-order valence-corrected chi connectivity index (χ1v) is 7.23. The van der Waals surface area contributed by atoms with Crippen LogP contribution in [0, 0.1) is 12.8 Å². The summed E-state index contributed by atoms with van der Waals surface area (Å²) in [4.78, 5) is 2.48. The van der Waals surface area contributed by atoms with E-state index in [1.807, 2.05) is 6.92 Å². The Morgan fingerprint density at radius 2 is 2.17 bits per heavy atom. The minimum atomic E-state index is 0.300. The average molecular weight is 267 g/mol. The molecule has 0 aromatic heterocycles. The van der Waals surface area contributed by atoms with Crippen molar-refractivity contribution in [2.24, 2.45) is 11.7 Å². The van der Waals surface area contributed by atoms with E-state index in [-0.39, 0.29) is 0 Å². The molecule has 100 valence electrons. The van der Waals surface area contributed by atoms with Crippen molar-refractivity contribution < 1.29 is 0 Å². The molecule has 1 aromatic rings. The predicted octanol–water partition coefficient (Wildman–Crippen LogP) is 3.38. The first-order chi connectivity index (χ1) is 8.65. The van der Waals surface area contributed by atoms with E-state index in [1.165, 1.54) is 24.9 Å². The second kappa shape index (κ2) is 6.05. The van der Waals surface area contributed by atoms with Gasteiger partial charge in [0.2, 0.25) is 0 Å². The SMILES string of the molecule is CCN(CC1CC1)C(CN)c1ccc(C)c(Cl)c1. The molecule has 1 atom stereocenters. The number of aryl methyl sites for hydroxylation is 1. The van der Waals surface area contributed by atoms with E-state index < -0.39 is 0 Å². The molecule has 1 fully saturated rings. The minimum Gasteiger partial charge on any atom is -0.329 e. The van der Waals surface area contributed by atoms with Gasteiger partial charge in [-0.3, -0.25) is 4.90 Å². The number of nitrogens with zero attached hydrogens (tertiary/aromatic N) is 1. The van der Waals surface area contributed by atoms with Crippen molar-refractivity contribution >= 4 is 11.6 Å². The maximum atomic E-state index is 6.22. The highest BCUT2D eigenvalue weighted by Gasteiger charge is 2.27. The van der Waals surface area contributed by atoms with Crippen LogP contribution >= 0.6 is 11.6 Å². The van der Waals surface area contributed by atoms with Crippen LogP contribution < -0.4 is 5.73 Å². The fraction of sp³-hybridized carbons (Fsp3) is 0.600. The minimum absolute atomic E-state index is 0.300. The van der Waals surface area contributed by atoms with Gasteiger partial charge in [0.1, 0.15) is 0 Å². The first-order valence-electron chi connectivity index (χ1n) is 6.85. The molecule has 3 heteroatoms. The number of rotatable bonds is 6. The van der Waals surface area contributed by atoms with Crippen LogP contribution in [0.25, 0.3) is 0 Å². The summed E-state index contributed by atoms with van der Waals surface area (Å²) < 4.78 is 0. The van der Waals surface area contributed by atoms with Gasteiger partial charge in [0, 0.05) is 24.2 Å². The zero-order chi connectivity index (χ0) is 13.1. The largest absolute Gasteiger partial charge is 0.329 e. The third kappa shape index (κ3) is 3.25. The van der Waals surface area contributed by atoms with Crippen molar-refractivity contribution in [2.45, 2.75) is 32.7 Å². The molecule has 2 N–H and O–H groups in total. The van der Waals surface area contributed by atoms with Gasteiger partial charge in [-0.25, -0.2) is 0 Å². The summed E-state index contributed by atoms with van der Waals surface area (Å²) in [5.74, 6) is 0.889. The van der Waals surface area contributed by atoms with Crippen molar-refractivity contribution in [1.82, 2.24) is 4.90 Å². The van der Waals surface area contributed by atoms with Crippen LogP contribution in [-0.2, 0) is 0 Å². The highest BCUT2D eigenvalue weighted by atomic mass is 35.5. The summed E-state index contributed by atoms with van der Waals surface area (Å²) in [5.41, 5.74) is 8.35. The van der Waals surface area contributed by atoms with Gasteiger partial charge in [0.25, 0.3) is 0 Å². The Morgan fingerprint density at radius 3 is 2.67 bits per heavy atom. The lowest BCUT2D eigenvalue weighted by Crippen LogP contribution is -2.35. The fourth-order valence-corrected chi connectivity index (χ4v) is 2.61. The summed E-state index contributed by atoms with van der Waals surface area (Å²) in [7, 11) is 0. The lowest BCUT2D eigenvalue weighted by atomic mass is 10.0. The van der Waals surface area contributed by atoms with Gasteiger partial charge >= 0.3 is 0 Å². The van der Waals surface area contributed by atoms with Gasteiger partial charge < -0.3 is 5.73 Å². The smallest absolute Gasteiger partial charge is 0.0470 e. The summed E-state index contributed by atoms with van der Waals surface area (Å²) in [6.45, 7) is 7.11. The topological polar surface area (TPSA) is 29.3 Å². The van der Waals surface area contributed by atoms with Gasteiger partial charge in [-0.05, 0) is 49.4 Å². The maximum absolute atomic E-state index is 6.22. The van der Waals surface area contributed by atoms with Crippen LogP contribution in [0.3, 0.4) is 0 Å². The second-order valence-corrected chi connectivity index (χ2v) is 5.70. The van der Waals surface area contributed by atoms with Crippen LogP contribution in [0.5, 0.6) is 0 Å². The molecule has 2 rings (SSSR count). The fourth-order valence-electron chi connectivity index (χ4n) is 2.42. The normalized spacial score (nSPS) is 17.2. The van der Waals surface area contributed by atoms with Crippen LogP contribution in [0.15, 0.2) is 18.2 Å². The van der Waals surface area contributed by atoms with E-state index in [0.29, 0.717) is 12.6 Å². The molecule has 0 radical (unpaired) electrons. The molecule has 0 aliphatic heterocycles. The zero-order valence-electron chi connectivity index (χ0n) is 11.3. The quantitative estimate of drug-likeness (QED) is 0.855. The van der Waals surface area contributed by atoms with Gasteiger partial charge in [0.05, 0.1) is 0 Å². The maximum Gasteiger partial charge on any atom is 0.0470 e. The van der Waals surface area contributed by atoms with Crippen LogP contribution in [0.4, 0.5) is 0 Å². The highest BCUT2D eigenvalue weighted by Crippen LogP contribution is 2.33. The van der Waals surface area contributed by atoms with Gasteiger partial charge in [-0.1, -0.05) is 30.7 Å². The summed E-state index contributed by atoms with van der Waals surface area (Å²) in [6.07, 6.45) is 2.75. The molecule has 18 heavy (non-hydrogen) atoms. The second-order valence-electron chi connectivity index (χ2n) is 5.29. The Kier molecular flexibility index (Phi) is 4.66. The standard InChI is InChI=1S/C15H23ClN2/c1-3-18(10-12-5-6-12)15(9-17)13-7-4-11(2)14(16)8-13/h4,7-8,12,15H,3,5-6,9-10,17H2,1-2H3. The lowest BCUT2D eigenvalue weighted by molar-refractivity contribution is 0.203. The molecule has 2 nitrogen and oxygen atoms in total. The van der Waals surface area contributed by atoms with E-state index >= 15 is 0 Å². The summed E-state index contributed by atoms with van der Waals surface area (Å²) >= 11 is 6.22. The van der Waals surface area contributed by atoms with Crippen LogP contribution in [0.1, 0.15) is 36.9 Å². The zero-order valence-corrected chi connectivity index (χ0v) is 12.1. The monoisotopic (exact) mass is 266 g/mol. The van der Waals surface area contributed by atoms with Crippen molar-refractivity contribution in [1.29, 1.82) is 0 Å². The Bertz CT molecular complexity index is 401. The number of halogens is 1. The molecule has 0 bridgehead atoms. The molecule has 1 aliphatic carbocycles. The summed E-state index contributed by atoms with van der Waals surface area (Å²) in [5, 5.41) is 0.841.